The maximum absolute atomic E-state index is 12.5. The summed E-state index contributed by atoms with van der Waals surface area (Å²) in [7, 11) is 0. The second-order valence-corrected chi connectivity index (χ2v) is 7.13. The molecular formula is C20H25N5O2. The molecule has 142 valence electrons. The molecule has 0 radical (unpaired) electrons. The topological polar surface area (TPSA) is 70.5 Å². The smallest absolute Gasteiger partial charge is 0.317 e. The standard InChI is InChI=1S/C20H25N5O2/c26-19(23-10-4-5-11-23)18-14-17-15-24(12-13-25(17)22-18)20(27)21-9-8-16-6-2-1-3-7-16/h1-3,6-7,14H,4-5,8-13,15H2,(H,21,27). The first-order chi connectivity index (χ1) is 13.2. The van der Waals surface area contributed by atoms with Crippen molar-refractivity contribution in [3.8, 4) is 0 Å². The molecule has 2 aromatic rings. The zero-order valence-corrected chi connectivity index (χ0v) is 15.4. The van der Waals surface area contributed by atoms with Gasteiger partial charge in [0.15, 0.2) is 5.69 Å². The lowest BCUT2D eigenvalue weighted by Crippen LogP contribution is -2.44. The molecule has 0 atom stereocenters. The van der Waals surface area contributed by atoms with Crippen molar-refractivity contribution in [3.05, 3.63) is 53.3 Å². The van der Waals surface area contributed by atoms with E-state index in [1.54, 1.807) is 4.90 Å². The minimum atomic E-state index is -0.0641. The van der Waals surface area contributed by atoms with E-state index >= 15 is 0 Å². The van der Waals surface area contributed by atoms with Gasteiger partial charge in [-0.2, -0.15) is 5.10 Å². The maximum Gasteiger partial charge on any atom is 0.317 e. The molecule has 7 nitrogen and oxygen atoms in total. The van der Waals surface area contributed by atoms with Crippen molar-refractivity contribution >= 4 is 11.9 Å². The van der Waals surface area contributed by atoms with Gasteiger partial charge in [-0.1, -0.05) is 30.3 Å². The molecule has 7 heteroatoms. The molecule has 0 aliphatic carbocycles. The second-order valence-electron chi connectivity index (χ2n) is 7.13. The SMILES string of the molecule is O=C(NCCc1ccccc1)N1CCn2nc(C(=O)N3CCCC3)cc2C1. The van der Waals surface area contributed by atoms with Crippen molar-refractivity contribution in [2.75, 3.05) is 26.2 Å². The number of hydrogen-bond acceptors (Lipinski definition) is 3. The minimum absolute atomic E-state index is 0.00765. The Labute approximate surface area is 158 Å². The third-order valence-corrected chi connectivity index (χ3v) is 5.23. The van der Waals surface area contributed by atoms with E-state index in [0.717, 1.165) is 38.0 Å². The third kappa shape index (κ3) is 3.97. The van der Waals surface area contributed by atoms with Crippen molar-refractivity contribution in [1.29, 1.82) is 0 Å². The molecule has 2 aliphatic rings. The van der Waals surface area contributed by atoms with Gasteiger partial charge in [0, 0.05) is 26.2 Å². The van der Waals surface area contributed by atoms with E-state index in [-0.39, 0.29) is 11.9 Å². The molecule has 0 saturated carbocycles. The second kappa shape index (κ2) is 7.82. The summed E-state index contributed by atoms with van der Waals surface area (Å²) in [6.07, 6.45) is 2.94. The number of nitrogens with one attached hydrogen (secondary N) is 1. The zero-order valence-electron chi connectivity index (χ0n) is 15.4. The Bertz CT molecular complexity index is 811. The van der Waals surface area contributed by atoms with Crippen LogP contribution >= 0.6 is 0 Å². The van der Waals surface area contributed by atoms with Crippen LogP contribution in [0.4, 0.5) is 4.79 Å². The monoisotopic (exact) mass is 367 g/mol. The van der Waals surface area contributed by atoms with Crippen LogP contribution in [0.25, 0.3) is 0 Å². The highest BCUT2D eigenvalue weighted by Crippen LogP contribution is 2.17. The number of hydrogen-bond donors (Lipinski definition) is 1. The van der Waals surface area contributed by atoms with Gasteiger partial charge < -0.3 is 15.1 Å². The van der Waals surface area contributed by atoms with Gasteiger partial charge in [-0.15, -0.1) is 0 Å². The Hall–Kier alpha value is -2.83. The average molecular weight is 367 g/mol. The van der Waals surface area contributed by atoms with E-state index in [2.05, 4.69) is 22.5 Å². The van der Waals surface area contributed by atoms with Gasteiger partial charge in [0.1, 0.15) is 0 Å². The molecule has 1 fully saturated rings. The number of aromatic nitrogens is 2. The van der Waals surface area contributed by atoms with Crippen molar-refractivity contribution in [1.82, 2.24) is 24.9 Å². The van der Waals surface area contributed by atoms with Crippen LogP contribution in [0.2, 0.25) is 0 Å². The van der Waals surface area contributed by atoms with E-state index in [9.17, 15) is 9.59 Å². The molecule has 0 spiro atoms. The first kappa shape index (κ1) is 17.6. The number of carbonyl (C=O) groups excluding carboxylic acids is 2. The fourth-order valence-electron chi connectivity index (χ4n) is 3.70. The summed E-state index contributed by atoms with van der Waals surface area (Å²) < 4.78 is 1.86. The van der Waals surface area contributed by atoms with Crippen LogP contribution in [0.15, 0.2) is 36.4 Å². The minimum Gasteiger partial charge on any atom is -0.338 e. The third-order valence-electron chi connectivity index (χ3n) is 5.23. The van der Waals surface area contributed by atoms with Gasteiger partial charge in [0.2, 0.25) is 0 Å². The number of fused-ring (bicyclic) bond motifs is 1. The summed E-state index contributed by atoms with van der Waals surface area (Å²) in [6.45, 7) is 3.95. The molecule has 0 unspecified atom stereocenters. The van der Waals surface area contributed by atoms with Crippen molar-refractivity contribution in [2.24, 2.45) is 0 Å². The molecule has 3 amide bonds. The predicted octanol–water partition coefficient (Wildman–Crippen LogP) is 1.89. The first-order valence-corrected chi connectivity index (χ1v) is 9.63. The van der Waals surface area contributed by atoms with Crippen LogP contribution in [0.3, 0.4) is 0 Å². The van der Waals surface area contributed by atoms with Gasteiger partial charge in [0.25, 0.3) is 5.91 Å². The summed E-state index contributed by atoms with van der Waals surface area (Å²) in [6, 6.07) is 11.9. The number of likely N-dealkylation sites (tertiary alicyclic amines) is 1. The lowest BCUT2D eigenvalue weighted by Gasteiger charge is -2.27. The number of urea groups is 1. The van der Waals surface area contributed by atoms with E-state index in [1.807, 2.05) is 33.8 Å². The van der Waals surface area contributed by atoms with Gasteiger partial charge >= 0.3 is 6.03 Å². The molecular weight excluding hydrogens is 342 g/mol. The van der Waals surface area contributed by atoms with Gasteiger partial charge in [0.05, 0.1) is 18.8 Å². The molecule has 2 aliphatic heterocycles. The van der Waals surface area contributed by atoms with Crippen molar-refractivity contribution in [2.45, 2.75) is 32.4 Å². The Morgan fingerprint density at radius 3 is 2.56 bits per heavy atom. The molecule has 3 heterocycles. The van der Waals surface area contributed by atoms with Gasteiger partial charge in [-0.3, -0.25) is 9.48 Å². The summed E-state index contributed by atoms with van der Waals surface area (Å²) >= 11 is 0. The van der Waals surface area contributed by atoms with Crippen LogP contribution in [0.5, 0.6) is 0 Å². The molecule has 1 N–H and O–H groups in total. The van der Waals surface area contributed by atoms with Gasteiger partial charge in [-0.25, -0.2) is 4.79 Å². The van der Waals surface area contributed by atoms with E-state index in [4.69, 9.17) is 0 Å². The van der Waals surface area contributed by atoms with Crippen molar-refractivity contribution in [3.63, 3.8) is 0 Å². The Morgan fingerprint density at radius 1 is 1.00 bits per heavy atom. The van der Waals surface area contributed by atoms with Crippen LogP contribution in [0.1, 0.15) is 34.6 Å². The average Bonchev–Trinajstić information content (AvgIpc) is 3.37. The molecule has 1 aromatic heterocycles. The maximum atomic E-state index is 12.5. The fourth-order valence-corrected chi connectivity index (χ4v) is 3.70. The summed E-state index contributed by atoms with van der Waals surface area (Å²) in [5, 5.41) is 7.45. The number of benzene rings is 1. The highest BCUT2D eigenvalue weighted by Gasteiger charge is 2.26. The molecule has 0 bridgehead atoms. The molecule has 1 saturated heterocycles. The van der Waals surface area contributed by atoms with E-state index < -0.39 is 0 Å². The fraction of sp³-hybridized carbons (Fsp3) is 0.450. The Kier molecular flexibility index (Phi) is 5.09. The normalized spacial score (nSPS) is 16.3. The van der Waals surface area contributed by atoms with Gasteiger partial charge in [-0.05, 0) is 30.9 Å². The van der Waals surface area contributed by atoms with E-state index in [1.165, 1.54) is 5.56 Å². The lowest BCUT2D eigenvalue weighted by molar-refractivity contribution is 0.0785. The Morgan fingerprint density at radius 2 is 1.78 bits per heavy atom. The highest BCUT2D eigenvalue weighted by molar-refractivity contribution is 5.92. The van der Waals surface area contributed by atoms with Crippen LogP contribution in [-0.2, 0) is 19.5 Å². The molecule has 4 rings (SSSR count). The molecule has 27 heavy (non-hydrogen) atoms. The summed E-state index contributed by atoms with van der Waals surface area (Å²) in [4.78, 5) is 28.6. The number of carbonyl (C=O) groups is 2. The number of amides is 3. The lowest BCUT2D eigenvalue weighted by atomic mass is 10.1. The van der Waals surface area contributed by atoms with E-state index in [0.29, 0.717) is 31.9 Å². The zero-order chi connectivity index (χ0) is 18.6. The molecule has 1 aromatic carbocycles. The van der Waals surface area contributed by atoms with Crippen molar-refractivity contribution < 1.29 is 9.59 Å². The summed E-state index contributed by atoms with van der Waals surface area (Å²) in [5.41, 5.74) is 2.62. The quantitative estimate of drug-likeness (QED) is 0.897. The van der Waals surface area contributed by atoms with Crippen LogP contribution < -0.4 is 5.32 Å². The summed E-state index contributed by atoms with van der Waals surface area (Å²) in [5.74, 6) is 0.00765. The van der Waals surface area contributed by atoms with Crippen LogP contribution in [0, 0.1) is 0 Å². The number of rotatable bonds is 4. The largest absolute Gasteiger partial charge is 0.338 e. The first-order valence-electron chi connectivity index (χ1n) is 9.63. The predicted molar refractivity (Wildman–Crippen MR) is 101 cm³/mol. The number of nitrogens with zero attached hydrogens (tertiary/aromatic N) is 4. The van der Waals surface area contributed by atoms with Crippen LogP contribution in [-0.4, -0.2) is 57.7 Å². The Balaban J connectivity index is 1.32. The highest BCUT2D eigenvalue weighted by atomic mass is 16.2.